The van der Waals surface area contributed by atoms with E-state index >= 15 is 0 Å². The maximum absolute atomic E-state index is 6.09. The number of hydrogen-bond donors (Lipinski definition) is 0. The summed E-state index contributed by atoms with van der Waals surface area (Å²) in [6, 6.07) is 5.96. The average Bonchev–Trinajstić information content (AvgIpc) is 2.79. The van der Waals surface area contributed by atoms with Crippen LogP contribution in [0, 0.1) is 5.92 Å². The Balaban J connectivity index is 2.11. The molecular weight excluding hydrogens is 244 g/mol. The molecule has 1 nitrogen and oxygen atoms in total. The van der Waals surface area contributed by atoms with Crippen LogP contribution in [-0.2, 0) is 5.41 Å². The average molecular weight is 267 g/mol. The van der Waals surface area contributed by atoms with Gasteiger partial charge in [0.15, 0.2) is 0 Å². The molecule has 2 rings (SSSR count). The Morgan fingerprint density at radius 3 is 2.50 bits per heavy atom. The van der Waals surface area contributed by atoms with E-state index in [2.05, 4.69) is 20.8 Å². The minimum absolute atomic E-state index is 0.0654. The molecule has 1 aromatic rings. The Hall–Kier alpha value is -0.690. The molecule has 0 unspecified atom stereocenters. The topological polar surface area (TPSA) is 9.23 Å². The smallest absolute Gasteiger partial charge is 0.123 e. The van der Waals surface area contributed by atoms with Gasteiger partial charge in [-0.2, -0.15) is 0 Å². The lowest BCUT2D eigenvalue weighted by Crippen LogP contribution is -2.15. The lowest BCUT2D eigenvalue weighted by molar-refractivity contribution is 0.247. The number of benzene rings is 1. The summed E-state index contributed by atoms with van der Waals surface area (Å²) in [4.78, 5) is 0. The second-order valence-corrected chi connectivity index (χ2v) is 6.79. The predicted molar refractivity (Wildman–Crippen MR) is 77.6 cm³/mol. The van der Waals surface area contributed by atoms with Gasteiger partial charge in [0.2, 0.25) is 0 Å². The van der Waals surface area contributed by atoms with Crippen LogP contribution in [0.1, 0.15) is 52.0 Å². The Kier molecular flexibility index (Phi) is 4.21. The summed E-state index contributed by atoms with van der Waals surface area (Å²) < 4.78 is 6.04. The fourth-order valence-electron chi connectivity index (χ4n) is 2.60. The van der Waals surface area contributed by atoms with Crippen molar-refractivity contribution >= 4 is 11.6 Å². The summed E-state index contributed by atoms with van der Waals surface area (Å²) >= 11 is 6.09. The standard InChI is InChI=1S/C16H23ClO/c1-16(2,3)14-10-13(17)8-9-15(14)18-11-12-6-4-5-7-12/h8-10,12H,4-7,11H2,1-3H3. The molecule has 1 aliphatic carbocycles. The van der Waals surface area contributed by atoms with E-state index in [-0.39, 0.29) is 5.41 Å². The van der Waals surface area contributed by atoms with Gasteiger partial charge < -0.3 is 4.74 Å². The van der Waals surface area contributed by atoms with Gasteiger partial charge in [0.25, 0.3) is 0 Å². The summed E-state index contributed by atoms with van der Waals surface area (Å²) in [5.74, 6) is 1.74. The van der Waals surface area contributed by atoms with E-state index in [0.29, 0.717) is 0 Å². The van der Waals surface area contributed by atoms with Gasteiger partial charge in [-0.15, -0.1) is 0 Å². The molecule has 100 valence electrons. The van der Waals surface area contributed by atoms with Gasteiger partial charge in [0, 0.05) is 10.6 Å². The van der Waals surface area contributed by atoms with E-state index in [1.54, 1.807) is 0 Å². The molecule has 0 amide bonds. The maximum atomic E-state index is 6.09. The van der Waals surface area contributed by atoms with Crippen LogP contribution < -0.4 is 4.74 Å². The van der Waals surface area contributed by atoms with Crippen molar-refractivity contribution in [2.75, 3.05) is 6.61 Å². The minimum atomic E-state index is 0.0654. The van der Waals surface area contributed by atoms with Gasteiger partial charge in [0.05, 0.1) is 6.61 Å². The van der Waals surface area contributed by atoms with Crippen molar-refractivity contribution in [2.24, 2.45) is 5.92 Å². The first-order chi connectivity index (χ1) is 8.47. The fraction of sp³-hybridized carbons (Fsp3) is 0.625. The molecular formula is C16H23ClO. The minimum Gasteiger partial charge on any atom is -0.493 e. The Morgan fingerprint density at radius 2 is 1.89 bits per heavy atom. The first-order valence-electron chi connectivity index (χ1n) is 6.89. The van der Waals surface area contributed by atoms with Crippen LogP contribution in [0.4, 0.5) is 0 Å². The molecule has 0 spiro atoms. The summed E-state index contributed by atoms with van der Waals surface area (Å²) in [5.41, 5.74) is 1.27. The van der Waals surface area contributed by atoms with Crippen LogP contribution in [0.15, 0.2) is 18.2 Å². The lowest BCUT2D eigenvalue weighted by Gasteiger charge is -2.24. The molecule has 0 radical (unpaired) electrons. The molecule has 0 heterocycles. The first kappa shape index (κ1) is 13.7. The van der Waals surface area contributed by atoms with Crippen molar-refractivity contribution in [3.63, 3.8) is 0 Å². The molecule has 18 heavy (non-hydrogen) atoms. The molecule has 1 fully saturated rings. The number of hydrogen-bond acceptors (Lipinski definition) is 1. The third-order valence-electron chi connectivity index (χ3n) is 3.70. The summed E-state index contributed by atoms with van der Waals surface area (Å²) in [5, 5.41) is 0.785. The van der Waals surface area contributed by atoms with Crippen LogP contribution in [0.2, 0.25) is 5.02 Å². The molecule has 0 saturated heterocycles. The fourth-order valence-corrected chi connectivity index (χ4v) is 2.77. The van der Waals surface area contributed by atoms with E-state index in [0.717, 1.165) is 23.3 Å². The molecule has 0 N–H and O–H groups in total. The third-order valence-corrected chi connectivity index (χ3v) is 3.93. The van der Waals surface area contributed by atoms with Crippen molar-refractivity contribution in [3.8, 4) is 5.75 Å². The van der Waals surface area contributed by atoms with Gasteiger partial charge >= 0.3 is 0 Å². The van der Waals surface area contributed by atoms with E-state index in [4.69, 9.17) is 16.3 Å². The monoisotopic (exact) mass is 266 g/mol. The molecule has 2 heteroatoms. The highest BCUT2D eigenvalue weighted by Gasteiger charge is 2.21. The van der Waals surface area contributed by atoms with Gasteiger partial charge in [-0.3, -0.25) is 0 Å². The third kappa shape index (κ3) is 3.41. The predicted octanol–water partition coefficient (Wildman–Crippen LogP) is 5.21. The number of rotatable bonds is 3. The van der Waals surface area contributed by atoms with Crippen molar-refractivity contribution < 1.29 is 4.74 Å². The molecule has 1 saturated carbocycles. The van der Waals surface area contributed by atoms with Crippen molar-refractivity contribution in [1.82, 2.24) is 0 Å². The molecule has 0 aliphatic heterocycles. The van der Waals surface area contributed by atoms with Crippen LogP contribution in [-0.4, -0.2) is 6.61 Å². The van der Waals surface area contributed by atoms with E-state index in [1.807, 2.05) is 18.2 Å². The zero-order valence-electron chi connectivity index (χ0n) is 11.6. The first-order valence-corrected chi connectivity index (χ1v) is 7.27. The Morgan fingerprint density at radius 1 is 1.22 bits per heavy atom. The maximum Gasteiger partial charge on any atom is 0.123 e. The van der Waals surface area contributed by atoms with E-state index < -0.39 is 0 Å². The highest BCUT2D eigenvalue weighted by molar-refractivity contribution is 6.30. The highest BCUT2D eigenvalue weighted by atomic mass is 35.5. The summed E-state index contributed by atoms with van der Waals surface area (Å²) in [6.07, 6.45) is 5.36. The van der Waals surface area contributed by atoms with Gasteiger partial charge in [-0.05, 0) is 42.4 Å². The zero-order valence-corrected chi connectivity index (χ0v) is 12.4. The van der Waals surface area contributed by atoms with E-state index in [9.17, 15) is 0 Å². The second kappa shape index (κ2) is 5.52. The molecule has 0 aromatic heterocycles. The Labute approximate surface area is 115 Å². The van der Waals surface area contributed by atoms with Crippen molar-refractivity contribution in [2.45, 2.75) is 51.9 Å². The number of ether oxygens (including phenoxy) is 1. The Bertz CT molecular complexity index is 400. The van der Waals surface area contributed by atoms with Crippen LogP contribution in [0.5, 0.6) is 5.75 Å². The largest absolute Gasteiger partial charge is 0.493 e. The van der Waals surface area contributed by atoms with Crippen molar-refractivity contribution in [3.05, 3.63) is 28.8 Å². The molecule has 0 bridgehead atoms. The zero-order chi connectivity index (χ0) is 13.2. The van der Waals surface area contributed by atoms with Gasteiger partial charge in [-0.25, -0.2) is 0 Å². The molecule has 0 atom stereocenters. The molecule has 1 aliphatic rings. The highest BCUT2D eigenvalue weighted by Crippen LogP contribution is 2.34. The van der Waals surface area contributed by atoms with Gasteiger partial charge in [0.1, 0.15) is 5.75 Å². The lowest BCUT2D eigenvalue weighted by atomic mass is 9.86. The normalized spacial score (nSPS) is 17.1. The number of halogens is 1. The van der Waals surface area contributed by atoms with Crippen molar-refractivity contribution in [1.29, 1.82) is 0 Å². The van der Waals surface area contributed by atoms with Crippen LogP contribution in [0.25, 0.3) is 0 Å². The van der Waals surface area contributed by atoms with Crippen LogP contribution in [0.3, 0.4) is 0 Å². The van der Waals surface area contributed by atoms with E-state index in [1.165, 1.54) is 31.2 Å². The SMILES string of the molecule is CC(C)(C)c1cc(Cl)ccc1OCC1CCCC1. The summed E-state index contributed by atoms with van der Waals surface area (Å²) in [7, 11) is 0. The summed E-state index contributed by atoms with van der Waals surface area (Å²) in [6.45, 7) is 7.44. The second-order valence-electron chi connectivity index (χ2n) is 6.35. The quantitative estimate of drug-likeness (QED) is 0.730. The molecule has 1 aromatic carbocycles. The van der Waals surface area contributed by atoms with Crippen LogP contribution >= 0.6 is 11.6 Å². The van der Waals surface area contributed by atoms with Gasteiger partial charge in [-0.1, -0.05) is 45.2 Å².